The van der Waals surface area contributed by atoms with E-state index in [-0.39, 0.29) is 0 Å². The van der Waals surface area contributed by atoms with Gasteiger partial charge in [0.05, 0.1) is 19.8 Å². The number of hydrogen-bond acceptors (Lipinski definition) is 4. The third-order valence-electron chi connectivity index (χ3n) is 3.94. The van der Waals surface area contributed by atoms with Crippen LogP contribution in [0.2, 0.25) is 0 Å². The summed E-state index contributed by atoms with van der Waals surface area (Å²) in [7, 11) is 1.71. The van der Waals surface area contributed by atoms with Crippen molar-refractivity contribution in [1.82, 2.24) is 10.2 Å². The second kappa shape index (κ2) is 8.03. The Morgan fingerprint density at radius 1 is 1.18 bits per heavy atom. The summed E-state index contributed by atoms with van der Waals surface area (Å²) in [6.07, 6.45) is 2.41. The highest BCUT2D eigenvalue weighted by Gasteiger charge is 2.34. The van der Waals surface area contributed by atoms with Crippen molar-refractivity contribution in [2.45, 2.75) is 32.2 Å². The molecular weight excluding hydrogens is 216 g/mol. The maximum Gasteiger partial charge on any atom is 0.0700 e. The Labute approximate surface area is 106 Å². The largest absolute Gasteiger partial charge is 0.382 e. The number of nitrogens with zero attached hydrogens (tertiary/aromatic N) is 1. The molecule has 0 amide bonds. The molecule has 17 heavy (non-hydrogen) atoms. The summed E-state index contributed by atoms with van der Waals surface area (Å²) in [6, 6.07) is 0. The van der Waals surface area contributed by atoms with Gasteiger partial charge in [-0.1, -0.05) is 13.8 Å². The van der Waals surface area contributed by atoms with Gasteiger partial charge >= 0.3 is 0 Å². The highest BCUT2D eigenvalue weighted by Crippen LogP contribution is 2.24. The van der Waals surface area contributed by atoms with Crippen LogP contribution in [-0.4, -0.2) is 63.5 Å². The molecule has 0 aromatic rings. The Balaban J connectivity index is 2.32. The third-order valence-corrected chi connectivity index (χ3v) is 3.94. The van der Waals surface area contributed by atoms with Crippen LogP contribution in [0.1, 0.15) is 26.7 Å². The zero-order valence-electron chi connectivity index (χ0n) is 11.6. The van der Waals surface area contributed by atoms with E-state index in [2.05, 4.69) is 24.1 Å². The molecule has 4 nitrogen and oxygen atoms in total. The Hall–Kier alpha value is -0.160. The summed E-state index contributed by atoms with van der Waals surface area (Å²) in [4.78, 5) is 2.59. The van der Waals surface area contributed by atoms with Crippen LogP contribution in [0.25, 0.3) is 0 Å². The number of methoxy groups -OCH3 is 1. The average molecular weight is 244 g/mol. The average Bonchev–Trinajstić information content (AvgIpc) is 2.39. The summed E-state index contributed by atoms with van der Waals surface area (Å²) in [6.45, 7) is 11.2. The second-order valence-corrected chi connectivity index (χ2v) is 4.70. The monoisotopic (exact) mass is 244 g/mol. The number of nitrogens with one attached hydrogen (secondary N) is 1. The van der Waals surface area contributed by atoms with Gasteiger partial charge in [-0.05, 0) is 12.8 Å². The van der Waals surface area contributed by atoms with Crippen LogP contribution in [0.15, 0.2) is 0 Å². The third kappa shape index (κ3) is 4.21. The van der Waals surface area contributed by atoms with Gasteiger partial charge in [0.15, 0.2) is 0 Å². The molecule has 1 heterocycles. The molecule has 1 saturated heterocycles. The zero-order valence-corrected chi connectivity index (χ0v) is 11.6. The standard InChI is InChI=1S/C13H28N2O2/c1-4-13(5-2)12-14-6-7-15(13)8-9-17-11-10-16-3/h14H,4-12H2,1-3H3. The quantitative estimate of drug-likeness (QED) is 0.649. The fourth-order valence-electron chi connectivity index (χ4n) is 2.60. The van der Waals surface area contributed by atoms with Gasteiger partial charge in [0, 0.05) is 38.8 Å². The van der Waals surface area contributed by atoms with Gasteiger partial charge in [-0.2, -0.15) is 0 Å². The second-order valence-electron chi connectivity index (χ2n) is 4.70. The predicted molar refractivity (Wildman–Crippen MR) is 70.5 cm³/mol. The maximum atomic E-state index is 5.57. The van der Waals surface area contributed by atoms with Crippen molar-refractivity contribution < 1.29 is 9.47 Å². The normalized spacial score (nSPS) is 20.6. The van der Waals surface area contributed by atoms with E-state index in [9.17, 15) is 0 Å². The van der Waals surface area contributed by atoms with Crippen LogP contribution in [0.5, 0.6) is 0 Å². The van der Waals surface area contributed by atoms with E-state index in [0.29, 0.717) is 18.8 Å². The lowest BCUT2D eigenvalue weighted by atomic mass is 9.88. The minimum Gasteiger partial charge on any atom is -0.382 e. The van der Waals surface area contributed by atoms with Crippen LogP contribution in [0, 0.1) is 0 Å². The molecule has 1 N–H and O–H groups in total. The molecule has 1 aliphatic rings. The Morgan fingerprint density at radius 2 is 1.94 bits per heavy atom. The molecule has 0 spiro atoms. The molecule has 0 saturated carbocycles. The van der Waals surface area contributed by atoms with Gasteiger partial charge < -0.3 is 14.8 Å². The van der Waals surface area contributed by atoms with Gasteiger partial charge in [0.2, 0.25) is 0 Å². The van der Waals surface area contributed by atoms with E-state index in [0.717, 1.165) is 32.8 Å². The minimum atomic E-state index is 0.336. The van der Waals surface area contributed by atoms with Gasteiger partial charge in [0.25, 0.3) is 0 Å². The lowest BCUT2D eigenvalue weighted by Crippen LogP contribution is -2.61. The van der Waals surface area contributed by atoms with Crippen molar-refractivity contribution in [3.63, 3.8) is 0 Å². The lowest BCUT2D eigenvalue weighted by molar-refractivity contribution is 0.00846. The predicted octanol–water partition coefficient (Wildman–Crippen LogP) is 1.11. The summed E-state index contributed by atoms with van der Waals surface area (Å²) in [5.41, 5.74) is 0.336. The Kier molecular flexibility index (Phi) is 7.04. The van der Waals surface area contributed by atoms with Gasteiger partial charge in [0.1, 0.15) is 0 Å². The summed E-state index contributed by atoms with van der Waals surface area (Å²) >= 11 is 0. The van der Waals surface area contributed by atoms with Crippen molar-refractivity contribution in [1.29, 1.82) is 0 Å². The topological polar surface area (TPSA) is 33.7 Å². The summed E-state index contributed by atoms with van der Waals surface area (Å²) < 4.78 is 10.5. The van der Waals surface area contributed by atoms with Crippen LogP contribution in [0.3, 0.4) is 0 Å². The molecular formula is C13H28N2O2. The molecule has 0 atom stereocenters. The molecule has 0 unspecified atom stereocenters. The Morgan fingerprint density at radius 3 is 2.59 bits per heavy atom. The van der Waals surface area contributed by atoms with E-state index in [4.69, 9.17) is 9.47 Å². The summed E-state index contributed by atoms with van der Waals surface area (Å²) in [5.74, 6) is 0. The van der Waals surface area contributed by atoms with Gasteiger partial charge in [-0.3, -0.25) is 4.90 Å². The van der Waals surface area contributed by atoms with Crippen LogP contribution >= 0.6 is 0 Å². The molecule has 1 fully saturated rings. The number of ether oxygens (including phenoxy) is 2. The van der Waals surface area contributed by atoms with Crippen LogP contribution in [0.4, 0.5) is 0 Å². The molecule has 0 radical (unpaired) electrons. The van der Waals surface area contributed by atoms with E-state index in [1.165, 1.54) is 12.8 Å². The number of piperazine rings is 1. The van der Waals surface area contributed by atoms with Crippen molar-refractivity contribution in [2.75, 3.05) is 53.1 Å². The molecule has 102 valence electrons. The van der Waals surface area contributed by atoms with Gasteiger partial charge in [-0.15, -0.1) is 0 Å². The van der Waals surface area contributed by atoms with Crippen LogP contribution < -0.4 is 5.32 Å². The van der Waals surface area contributed by atoms with Crippen molar-refractivity contribution in [2.24, 2.45) is 0 Å². The van der Waals surface area contributed by atoms with Crippen molar-refractivity contribution in [3.05, 3.63) is 0 Å². The molecule has 4 heteroatoms. The number of rotatable bonds is 8. The molecule has 1 aliphatic heterocycles. The maximum absolute atomic E-state index is 5.57. The number of hydrogen-bond donors (Lipinski definition) is 1. The highest BCUT2D eigenvalue weighted by atomic mass is 16.5. The Bertz CT molecular complexity index is 196. The molecule has 0 aromatic heterocycles. The molecule has 1 rings (SSSR count). The first kappa shape index (κ1) is 14.9. The van der Waals surface area contributed by atoms with E-state index < -0.39 is 0 Å². The lowest BCUT2D eigenvalue weighted by Gasteiger charge is -2.47. The molecule has 0 aliphatic carbocycles. The first-order chi connectivity index (χ1) is 8.29. The SMILES string of the molecule is CCC1(CC)CNCCN1CCOCCOC. The van der Waals surface area contributed by atoms with Crippen LogP contribution in [-0.2, 0) is 9.47 Å². The molecule has 0 aromatic carbocycles. The van der Waals surface area contributed by atoms with Gasteiger partial charge in [-0.25, -0.2) is 0 Å². The van der Waals surface area contributed by atoms with Crippen molar-refractivity contribution >= 4 is 0 Å². The minimum absolute atomic E-state index is 0.336. The summed E-state index contributed by atoms with van der Waals surface area (Å²) in [5, 5.41) is 3.52. The first-order valence-corrected chi connectivity index (χ1v) is 6.81. The van der Waals surface area contributed by atoms with E-state index in [1.54, 1.807) is 7.11 Å². The highest BCUT2D eigenvalue weighted by molar-refractivity contribution is 4.93. The molecule has 0 bridgehead atoms. The van der Waals surface area contributed by atoms with Crippen molar-refractivity contribution in [3.8, 4) is 0 Å². The smallest absolute Gasteiger partial charge is 0.0700 e. The fourth-order valence-corrected chi connectivity index (χ4v) is 2.60. The van der Waals surface area contributed by atoms with E-state index in [1.807, 2.05) is 0 Å². The van der Waals surface area contributed by atoms with E-state index >= 15 is 0 Å². The first-order valence-electron chi connectivity index (χ1n) is 6.81. The fraction of sp³-hybridized carbons (Fsp3) is 1.00. The zero-order chi connectivity index (χ0) is 12.6.